The van der Waals surface area contributed by atoms with Crippen LogP contribution in [-0.4, -0.2) is 69.8 Å². The molecule has 12 heteroatoms. The first-order valence-electron chi connectivity index (χ1n) is 17.9. The van der Waals surface area contributed by atoms with Crippen molar-refractivity contribution < 1.29 is 38.2 Å². The molecular formula is C42H52N4O8. The van der Waals surface area contributed by atoms with Gasteiger partial charge in [0.05, 0.1) is 6.54 Å². The van der Waals surface area contributed by atoms with E-state index >= 15 is 0 Å². The molecule has 0 spiro atoms. The summed E-state index contributed by atoms with van der Waals surface area (Å²) in [7, 11) is 0. The molecule has 0 saturated carbocycles. The van der Waals surface area contributed by atoms with Crippen LogP contribution in [0.3, 0.4) is 0 Å². The highest BCUT2D eigenvalue weighted by Gasteiger charge is 2.32. The van der Waals surface area contributed by atoms with Gasteiger partial charge in [-0.2, -0.15) is 0 Å². The fourth-order valence-electron chi connectivity index (χ4n) is 5.33. The molecule has 0 atom stereocenters. The molecule has 0 bridgehead atoms. The number of ether oxygens (including phenoxy) is 3. The number of hydrogen-bond donors (Lipinski definition) is 2. The molecular weight excluding hydrogens is 688 g/mol. The van der Waals surface area contributed by atoms with Crippen LogP contribution in [0.5, 0.6) is 0 Å². The lowest BCUT2D eigenvalue weighted by molar-refractivity contribution is -0.000382. The average Bonchev–Trinajstić information content (AvgIpc) is 3.06. The van der Waals surface area contributed by atoms with E-state index in [-0.39, 0.29) is 24.5 Å². The van der Waals surface area contributed by atoms with Crippen molar-refractivity contribution in [3.05, 3.63) is 101 Å². The standard InChI is InChI=1S/C42H52N4O8/c1-27-25-34(20-17-32(27)26-46(38(50)53-41(5,6)7)39(51)54-42(8,9)10)44-36(48)31-13-11-30(12-14-31)35(47)43-33-18-15-28(16-19-33)29-21-23-45(24-22-29)37(49)52-40(2,3)4/h11-21,25H,22-24,26H2,1-10H3,(H,43,47)(H,44,48). The molecule has 5 amide bonds. The summed E-state index contributed by atoms with van der Waals surface area (Å²) in [5.41, 5.74) is 3.21. The minimum Gasteiger partial charge on any atom is -0.444 e. The fourth-order valence-corrected chi connectivity index (χ4v) is 5.33. The van der Waals surface area contributed by atoms with E-state index in [1.165, 1.54) is 0 Å². The Morgan fingerprint density at radius 1 is 0.667 bits per heavy atom. The van der Waals surface area contributed by atoms with E-state index in [0.29, 0.717) is 47.6 Å². The molecule has 0 aliphatic carbocycles. The number of hydrogen-bond acceptors (Lipinski definition) is 8. The number of benzene rings is 3. The second-order valence-corrected chi connectivity index (χ2v) is 16.2. The van der Waals surface area contributed by atoms with Gasteiger partial charge in [-0.3, -0.25) is 9.59 Å². The number of aryl methyl sites for hydroxylation is 1. The smallest absolute Gasteiger partial charge is 0.420 e. The van der Waals surface area contributed by atoms with Crippen LogP contribution in [0.2, 0.25) is 0 Å². The first-order valence-corrected chi connectivity index (χ1v) is 17.9. The Kier molecular flexibility index (Phi) is 12.6. The number of carbonyl (C=O) groups excluding carboxylic acids is 5. The van der Waals surface area contributed by atoms with Gasteiger partial charge in [-0.25, -0.2) is 19.3 Å². The van der Waals surface area contributed by atoms with Gasteiger partial charge in [0, 0.05) is 35.6 Å². The van der Waals surface area contributed by atoms with Crippen LogP contribution < -0.4 is 10.6 Å². The normalized spacial score (nSPS) is 13.3. The summed E-state index contributed by atoms with van der Waals surface area (Å²) in [5, 5.41) is 5.75. The largest absolute Gasteiger partial charge is 0.444 e. The zero-order chi connectivity index (χ0) is 40.0. The number of imide groups is 1. The van der Waals surface area contributed by atoms with Gasteiger partial charge in [0.2, 0.25) is 0 Å². The van der Waals surface area contributed by atoms with Crippen molar-refractivity contribution in [1.82, 2.24) is 9.80 Å². The van der Waals surface area contributed by atoms with Crippen molar-refractivity contribution in [2.75, 3.05) is 23.7 Å². The van der Waals surface area contributed by atoms with Crippen molar-refractivity contribution in [3.63, 3.8) is 0 Å². The van der Waals surface area contributed by atoms with Crippen LogP contribution in [0.15, 0.2) is 72.8 Å². The van der Waals surface area contributed by atoms with Crippen LogP contribution in [0, 0.1) is 6.92 Å². The molecule has 288 valence electrons. The molecule has 0 unspecified atom stereocenters. The summed E-state index contributed by atoms with van der Waals surface area (Å²) in [4.78, 5) is 67.0. The number of amides is 5. The number of rotatable bonds is 7. The van der Waals surface area contributed by atoms with Gasteiger partial charge in [-0.1, -0.05) is 24.3 Å². The number of carbonyl (C=O) groups is 5. The third-order valence-electron chi connectivity index (χ3n) is 7.94. The first kappa shape index (κ1) is 41.1. The molecule has 0 aromatic heterocycles. The predicted molar refractivity (Wildman–Crippen MR) is 208 cm³/mol. The zero-order valence-electron chi connectivity index (χ0n) is 32.9. The van der Waals surface area contributed by atoms with Gasteiger partial charge < -0.3 is 29.7 Å². The molecule has 0 fully saturated rings. The molecule has 0 saturated heterocycles. The molecule has 1 heterocycles. The Balaban J connectivity index is 1.34. The van der Waals surface area contributed by atoms with Gasteiger partial charge in [0.15, 0.2) is 0 Å². The Labute approximate surface area is 317 Å². The highest BCUT2D eigenvalue weighted by atomic mass is 16.6. The zero-order valence-corrected chi connectivity index (χ0v) is 32.9. The lowest BCUT2D eigenvalue weighted by atomic mass is 9.99. The Hall–Kier alpha value is -5.65. The Morgan fingerprint density at radius 3 is 1.59 bits per heavy atom. The van der Waals surface area contributed by atoms with Crippen molar-refractivity contribution >= 4 is 47.0 Å². The number of anilines is 2. The molecule has 12 nitrogen and oxygen atoms in total. The minimum atomic E-state index is -0.827. The minimum absolute atomic E-state index is 0.0914. The summed E-state index contributed by atoms with van der Waals surface area (Å²) >= 11 is 0. The molecule has 4 rings (SSSR count). The van der Waals surface area contributed by atoms with E-state index < -0.39 is 29.0 Å². The van der Waals surface area contributed by atoms with E-state index in [0.717, 1.165) is 21.6 Å². The second kappa shape index (κ2) is 16.6. The number of nitrogens with one attached hydrogen (secondary N) is 2. The first-order chi connectivity index (χ1) is 25.1. The summed E-state index contributed by atoms with van der Waals surface area (Å²) in [6, 6.07) is 19.0. The van der Waals surface area contributed by atoms with E-state index in [2.05, 4.69) is 10.6 Å². The van der Waals surface area contributed by atoms with Crippen LogP contribution in [0.4, 0.5) is 25.8 Å². The molecule has 1 aliphatic rings. The summed E-state index contributed by atoms with van der Waals surface area (Å²) in [6.45, 7) is 18.6. The van der Waals surface area contributed by atoms with Gasteiger partial charge >= 0.3 is 18.3 Å². The van der Waals surface area contributed by atoms with E-state index in [1.807, 2.05) is 58.0 Å². The summed E-state index contributed by atoms with van der Waals surface area (Å²) in [5.74, 6) is -0.697. The van der Waals surface area contributed by atoms with E-state index in [4.69, 9.17) is 14.2 Å². The third-order valence-corrected chi connectivity index (χ3v) is 7.94. The van der Waals surface area contributed by atoms with Crippen molar-refractivity contribution in [2.45, 2.75) is 99.0 Å². The molecule has 3 aromatic carbocycles. The summed E-state index contributed by atoms with van der Waals surface area (Å²) in [6.07, 6.45) is 0.736. The average molecular weight is 741 g/mol. The Morgan fingerprint density at radius 2 is 1.15 bits per heavy atom. The van der Waals surface area contributed by atoms with Crippen molar-refractivity contribution in [2.24, 2.45) is 0 Å². The monoisotopic (exact) mass is 740 g/mol. The van der Waals surface area contributed by atoms with Gasteiger partial charge in [-0.05, 0) is 146 Å². The molecule has 54 heavy (non-hydrogen) atoms. The number of nitrogens with zero attached hydrogens (tertiary/aromatic N) is 2. The third kappa shape index (κ3) is 12.2. The Bertz CT molecular complexity index is 1870. The predicted octanol–water partition coefficient (Wildman–Crippen LogP) is 9.20. The quantitative estimate of drug-likeness (QED) is 0.228. The van der Waals surface area contributed by atoms with E-state index in [9.17, 15) is 24.0 Å². The maximum Gasteiger partial charge on any atom is 0.420 e. The van der Waals surface area contributed by atoms with Gasteiger partial charge in [-0.15, -0.1) is 0 Å². The summed E-state index contributed by atoms with van der Waals surface area (Å²) < 4.78 is 16.4. The van der Waals surface area contributed by atoms with Crippen LogP contribution in [-0.2, 0) is 20.8 Å². The van der Waals surface area contributed by atoms with Crippen LogP contribution >= 0.6 is 0 Å². The fraction of sp³-hybridized carbons (Fsp3) is 0.405. The molecule has 2 N–H and O–H groups in total. The van der Waals surface area contributed by atoms with Gasteiger partial charge in [0.1, 0.15) is 16.8 Å². The maximum absolute atomic E-state index is 13.1. The molecule has 0 radical (unpaired) electrons. The van der Waals surface area contributed by atoms with Crippen molar-refractivity contribution in [1.29, 1.82) is 0 Å². The van der Waals surface area contributed by atoms with Gasteiger partial charge in [0.25, 0.3) is 11.8 Å². The lowest BCUT2D eigenvalue weighted by Crippen LogP contribution is -2.43. The SMILES string of the molecule is Cc1cc(NC(=O)c2ccc(C(=O)Nc3ccc(C4=CCN(C(=O)OC(C)(C)C)CC4)cc3)cc2)ccc1CN(C(=O)OC(C)(C)C)C(=O)OC(C)(C)C. The molecule has 1 aliphatic heterocycles. The highest BCUT2D eigenvalue weighted by molar-refractivity contribution is 6.07. The van der Waals surface area contributed by atoms with Crippen molar-refractivity contribution in [3.8, 4) is 0 Å². The van der Waals surface area contributed by atoms with Crippen LogP contribution in [0.1, 0.15) is 106 Å². The maximum atomic E-state index is 13.1. The lowest BCUT2D eigenvalue weighted by Gasteiger charge is -2.29. The highest BCUT2D eigenvalue weighted by Crippen LogP contribution is 2.26. The van der Waals surface area contributed by atoms with Crippen LogP contribution in [0.25, 0.3) is 5.57 Å². The topological polar surface area (TPSA) is 144 Å². The second-order valence-electron chi connectivity index (χ2n) is 16.2. The molecule has 3 aromatic rings. The van der Waals surface area contributed by atoms with E-state index in [1.54, 1.807) is 88.9 Å².